The molecule has 1 atom stereocenters. The molecule has 17 heavy (non-hydrogen) atoms. The molecule has 4 heteroatoms. The topological polar surface area (TPSA) is 66.0 Å². The van der Waals surface area contributed by atoms with Crippen molar-refractivity contribution in [2.45, 2.75) is 26.7 Å². The molecule has 2 rings (SSSR count). The maximum atomic E-state index is 11.1. The van der Waals surface area contributed by atoms with E-state index in [0.29, 0.717) is 11.4 Å². The molecule has 0 amide bonds. The van der Waals surface area contributed by atoms with E-state index in [0.717, 1.165) is 11.3 Å². The van der Waals surface area contributed by atoms with E-state index in [1.54, 1.807) is 12.1 Å². The van der Waals surface area contributed by atoms with Gasteiger partial charge in [0.1, 0.15) is 11.3 Å². The molecule has 0 radical (unpaired) electrons. The summed E-state index contributed by atoms with van der Waals surface area (Å²) in [6, 6.07) is 5.16. The molecule has 2 N–H and O–H groups in total. The molecule has 4 nitrogen and oxygen atoms in total. The standard InChI is InChI=1S/C13H16N2O2/c1-7(2)8(3)12-14-10-6-4-5-9(13(16)17)11(10)15-12/h4-8H,1-3H3,(H,14,15)(H,16,17). The van der Waals surface area contributed by atoms with Crippen LogP contribution < -0.4 is 0 Å². The number of nitrogens with zero attached hydrogens (tertiary/aromatic N) is 1. The highest BCUT2D eigenvalue weighted by Crippen LogP contribution is 2.25. The molecule has 0 aliphatic heterocycles. The summed E-state index contributed by atoms with van der Waals surface area (Å²) in [6.45, 7) is 6.33. The minimum Gasteiger partial charge on any atom is -0.478 e. The first-order valence-corrected chi connectivity index (χ1v) is 5.72. The first-order valence-electron chi connectivity index (χ1n) is 5.72. The number of carbonyl (C=O) groups is 1. The lowest BCUT2D eigenvalue weighted by Gasteiger charge is -2.11. The predicted molar refractivity (Wildman–Crippen MR) is 66.3 cm³/mol. The summed E-state index contributed by atoms with van der Waals surface area (Å²) in [7, 11) is 0. The summed E-state index contributed by atoms with van der Waals surface area (Å²) in [5, 5.41) is 9.09. The highest BCUT2D eigenvalue weighted by molar-refractivity contribution is 6.00. The van der Waals surface area contributed by atoms with Gasteiger partial charge < -0.3 is 10.1 Å². The Bertz CT molecular complexity index is 558. The van der Waals surface area contributed by atoms with E-state index in [1.807, 2.05) is 6.07 Å². The molecule has 0 fully saturated rings. The zero-order valence-corrected chi connectivity index (χ0v) is 10.2. The summed E-state index contributed by atoms with van der Waals surface area (Å²) in [6.07, 6.45) is 0. The highest BCUT2D eigenvalue weighted by atomic mass is 16.4. The van der Waals surface area contributed by atoms with Gasteiger partial charge in [0.25, 0.3) is 0 Å². The highest BCUT2D eigenvalue weighted by Gasteiger charge is 2.17. The van der Waals surface area contributed by atoms with Gasteiger partial charge in [-0.1, -0.05) is 26.8 Å². The summed E-state index contributed by atoms with van der Waals surface area (Å²) in [5.74, 6) is 0.655. The molecule has 0 bridgehead atoms. The number of nitrogens with one attached hydrogen (secondary N) is 1. The molecular weight excluding hydrogens is 216 g/mol. The minimum absolute atomic E-state index is 0.251. The van der Waals surface area contributed by atoms with Gasteiger partial charge in [0.2, 0.25) is 0 Å². The number of fused-ring (bicyclic) bond motifs is 1. The van der Waals surface area contributed by atoms with Crippen LogP contribution in [0.25, 0.3) is 11.0 Å². The molecule has 90 valence electrons. The maximum absolute atomic E-state index is 11.1. The molecule has 1 unspecified atom stereocenters. The lowest BCUT2D eigenvalue weighted by Crippen LogP contribution is -2.03. The number of aromatic nitrogens is 2. The number of aromatic amines is 1. The van der Waals surface area contributed by atoms with Crippen LogP contribution in [0.3, 0.4) is 0 Å². The van der Waals surface area contributed by atoms with E-state index >= 15 is 0 Å². The minimum atomic E-state index is -0.939. The van der Waals surface area contributed by atoms with E-state index < -0.39 is 5.97 Å². The van der Waals surface area contributed by atoms with Crippen molar-refractivity contribution in [1.82, 2.24) is 9.97 Å². The number of rotatable bonds is 3. The van der Waals surface area contributed by atoms with Gasteiger partial charge in [-0.3, -0.25) is 0 Å². The van der Waals surface area contributed by atoms with Crippen molar-refractivity contribution in [3.63, 3.8) is 0 Å². The van der Waals surface area contributed by atoms with E-state index in [1.165, 1.54) is 0 Å². The quantitative estimate of drug-likeness (QED) is 0.854. The molecule has 0 aliphatic carbocycles. The van der Waals surface area contributed by atoms with Crippen molar-refractivity contribution in [3.8, 4) is 0 Å². The number of hydrogen-bond acceptors (Lipinski definition) is 2. The molecule has 0 saturated heterocycles. The average molecular weight is 232 g/mol. The number of hydrogen-bond donors (Lipinski definition) is 2. The molecule has 0 spiro atoms. The van der Waals surface area contributed by atoms with Crippen LogP contribution >= 0.6 is 0 Å². The molecule has 2 aromatic rings. The van der Waals surface area contributed by atoms with Gasteiger partial charge in [0.15, 0.2) is 0 Å². The number of imidazole rings is 1. The van der Waals surface area contributed by atoms with Crippen LogP contribution in [-0.4, -0.2) is 21.0 Å². The number of carboxylic acid groups (broad SMARTS) is 1. The Morgan fingerprint density at radius 3 is 2.65 bits per heavy atom. The Morgan fingerprint density at radius 1 is 1.35 bits per heavy atom. The summed E-state index contributed by atoms with van der Waals surface area (Å²) < 4.78 is 0. The van der Waals surface area contributed by atoms with Crippen molar-refractivity contribution >= 4 is 17.0 Å². The second kappa shape index (κ2) is 4.20. The van der Waals surface area contributed by atoms with Crippen molar-refractivity contribution in [3.05, 3.63) is 29.6 Å². The first-order chi connectivity index (χ1) is 8.00. The molecule has 1 aromatic heterocycles. The number of para-hydroxylation sites is 1. The SMILES string of the molecule is CC(C)C(C)c1nc2c(C(=O)O)cccc2[nH]1. The Morgan fingerprint density at radius 2 is 2.06 bits per heavy atom. The first kappa shape index (κ1) is 11.6. The van der Waals surface area contributed by atoms with Crippen LogP contribution in [0.4, 0.5) is 0 Å². The smallest absolute Gasteiger partial charge is 0.337 e. The van der Waals surface area contributed by atoms with Crippen LogP contribution in [-0.2, 0) is 0 Å². The Hall–Kier alpha value is -1.84. The number of carboxylic acids is 1. The van der Waals surface area contributed by atoms with E-state index in [9.17, 15) is 4.79 Å². The Kier molecular flexibility index (Phi) is 2.88. The lowest BCUT2D eigenvalue weighted by molar-refractivity contribution is 0.0699. The molecule has 1 aromatic carbocycles. The van der Waals surface area contributed by atoms with Crippen LogP contribution in [0.2, 0.25) is 0 Å². The molecule has 0 saturated carbocycles. The van der Waals surface area contributed by atoms with Gasteiger partial charge in [-0.15, -0.1) is 0 Å². The fourth-order valence-corrected chi connectivity index (χ4v) is 1.76. The Balaban J connectivity index is 2.57. The molecular formula is C13H16N2O2. The average Bonchev–Trinajstić information content (AvgIpc) is 2.70. The van der Waals surface area contributed by atoms with E-state index in [4.69, 9.17) is 5.11 Å². The third-order valence-corrected chi connectivity index (χ3v) is 3.19. The second-order valence-corrected chi connectivity index (χ2v) is 4.66. The predicted octanol–water partition coefficient (Wildman–Crippen LogP) is 3.02. The van der Waals surface area contributed by atoms with E-state index in [2.05, 4.69) is 30.7 Å². The third kappa shape index (κ3) is 2.02. The van der Waals surface area contributed by atoms with Crippen molar-refractivity contribution in [2.75, 3.05) is 0 Å². The fraction of sp³-hybridized carbons (Fsp3) is 0.385. The monoisotopic (exact) mass is 232 g/mol. The summed E-state index contributed by atoms with van der Waals surface area (Å²) >= 11 is 0. The van der Waals surface area contributed by atoms with Gasteiger partial charge in [-0.05, 0) is 18.1 Å². The van der Waals surface area contributed by atoms with Crippen LogP contribution in [0.5, 0.6) is 0 Å². The zero-order valence-electron chi connectivity index (χ0n) is 10.2. The maximum Gasteiger partial charge on any atom is 0.337 e. The number of aromatic carboxylic acids is 1. The normalized spacial score (nSPS) is 13.2. The van der Waals surface area contributed by atoms with Gasteiger partial charge in [0, 0.05) is 5.92 Å². The van der Waals surface area contributed by atoms with Gasteiger partial charge >= 0.3 is 5.97 Å². The number of H-pyrrole nitrogens is 1. The summed E-state index contributed by atoms with van der Waals surface area (Å²) in [5.41, 5.74) is 1.58. The summed E-state index contributed by atoms with van der Waals surface area (Å²) in [4.78, 5) is 18.7. The fourth-order valence-electron chi connectivity index (χ4n) is 1.76. The van der Waals surface area contributed by atoms with Gasteiger partial charge in [-0.2, -0.15) is 0 Å². The largest absolute Gasteiger partial charge is 0.478 e. The molecule has 1 heterocycles. The van der Waals surface area contributed by atoms with E-state index in [-0.39, 0.29) is 11.5 Å². The lowest BCUT2D eigenvalue weighted by atomic mass is 9.98. The third-order valence-electron chi connectivity index (χ3n) is 3.19. The van der Waals surface area contributed by atoms with Crippen molar-refractivity contribution < 1.29 is 9.90 Å². The zero-order chi connectivity index (χ0) is 12.6. The van der Waals surface area contributed by atoms with Crippen LogP contribution in [0, 0.1) is 5.92 Å². The molecule has 0 aliphatic rings. The number of benzene rings is 1. The van der Waals surface area contributed by atoms with Crippen LogP contribution in [0.1, 0.15) is 42.9 Å². The second-order valence-electron chi connectivity index (χ2n) is 4.66. The van der Waals surface area contributed by atoms with Crippen molar-refractivity contribution in [2.24, 2.45) is 5.92 Å². The van der Waals surface area contributed by atoms with Crippen LogP contribution in [0.15, 0.2) is 18.2 Å². The Labute approximate surface area is 99.7 Å². The van der Waals surface area contributed by atoms with Crippen molar-refractivity contribution in [1.29, 1.82) is 0 Å². The van der Waals surface area contributed by atoms with Gasteiger partial charge in [0.05, 0.1) is 11.1 Å². The van der Waals surface area contributed by atoms with Gasteiger partial charge in [-0.25, -0.2) is 9.78 Å².